The zero-order valence-electron chi connectivity index (χ0n) is 12.4. The van der Waals surface area contributed by atoms with Gasteiger partial charge in [0.2, 0.25) is 0 Å². The molecule has 1 unspecified atom stereocenters. The quantitative estimate of drug-likeness (QED) is 0.862. The van der Waals surface area contributed by atoms with E-state index in [1.54, 1.807) is 7.05 Å². The number of likely N-dealkylation sites (N-methyl/N-ethyl adjacent to an activating group) is 1. The van der Waals surface area contributed by atoms with Gasteiger partial charge in [0.25, 0.3) is 5.91 Å². The summed E-state index contributed by atoms with van der Waals surface area (Å²) in [6.45, 7) is 0.254. The van der Waals surface area contributed by atoms with Crippen LogP contribution in [0.3, 0.4) is 0 Å². The van der Waals surface area contributed by atoms with Crippen molar-refractivity contribution in [1.82, 2.24) is 4.90 Å². The molecule has 4 heteroatoms. The number of nitrogens with zero attached hydrogens (tertiary/aromatic N) is 1. The predicted molar refractivity (Wildman–Crippen MR) is 83.1 cm³/mol. The van der Waals surface area contributed by atoms with E-state index in [2.05, 4.69) is 0 Å². The van der Waals surface area contributed by atoms with Crippen LogP contribution >= 0.6 is 0 Å². The minimum Gasteiger partial charge on any atom is -0.387 e. The summed E-state index contributed by atoms with van der Waals surface area (Å²) in [6, 6.07) is 19.0. The molecule has 0 saturated carbocycles. The molecule has 1 N–H and O–H groups in total. The Kier molecular flexibility index (Phi) is 4.22. The fourth-order valence-corrected chi connectivity index (χ4v) is 2.54. The molecule has 1 saturated heterocycles. The lowest BCUT2D eigenvalue weighted by Gasteiger charge is -2.20. The van der Waals surface area contributed by atoms with Crippen molar-refractivity contribution in [3.05, 3.63) is 71.8 Å². The van der Waals surface area contributed by atoms with Gasteiger partial charge in [-0.3, -0.25) is 4.79 Å². The lowest BCUT2D eigenvalue weighted by atomic mass is 10.1. The molecule has 2 aromatic rings. The zero-order valence-corrected chi connectivity index (χ0v) is 12.4. The van der Waals surface area contributed by atoms with E-state index in [1.165, 1.54) is 4.90 Å². The monoisotopic (exact) mass is 297 g/mol. The molecule has 0 aliphatic carbocycles. The van der Waals surface area contributed by atoms with Gasteiger partial charge in [-0.05, 0) is 11.1 Å². The van der Waals surface area contributed by atoms with E-state index in [4.69, 9.17) is 4.74 Å². The molecule has 1 aliphatic heterocycles. The normalized spacial score (nSPS) is 21.2. The number of carbonyl (C=O) groups is 1. The Morgan fingerprint density at radius 1 is 1.14 bits per heavy atom. The van der Waals surface area contributed by atoms with Gasteiger partial charge in [0, 0.05) is 7.05 Å². The van der Waals surface area contributed by atoms with Crippen LogP contribution < -0.4 is 0 Å². The average molecular weight is 297 g/mol. The van der Waals surface area contributed by atoms with Crippen molar-refractivity contribution in [1.29, 1.82) is 0 Å². The maximum absolute atomic E-state index is 12.3. The minimum atomic E-state index is -0.691. The summed E-state index contributed by atoms with van der Waals surface area (Å²) in [5.41, 5.74) is 1.82. The van der Waals surface area contributed by atoms with Crippen LogP contribution in [0.25, 0.3) is 0 Å². The van der Waals surface area contributed by atoms with Gasteiger partial charge in [0.05, 0.1) is 12.6 Å². The molecule has 1 fully saturated rings. The van der Waals surface area contributed by atoms with Gasteiger partial charge in [-0.25, -0.2) is 0 Å². The lowest BCUT2D eigenvalue weighted by Crippen LogP contribution is -2.34. The molecule has 2 aromatic carbocycles. The van der Waals surface area contributed by atoms with Crippen molar-refractivity contribution < 1.29 is 14.6 Å². The Balaban J connectivity index is 1.57. The first-order chi connectivity index (χ1) is 10.7. The van der Waals surface area contributed by atoms with Crippen LogP contribution in [0.4, 0.5) is 0 Å². The second-order valence-electron chi connectivity index (χ2n) is 5.53. The molecule has 0 bridgehead atoms. The second-order valence-corrected chi connectivity index (χ2v) is 5.53. The number of carbonyl (C=O) groups excluding carboxylic acids is 1. The van der Waals surface area contributed by atoms with Crippen molar-refractivity contribution in [2.75, 3.05) is 13.6 Å². The fourth-order valence-electron chi connectivity index (χ4n) is 2.54. The third-order valence-electron chi connectivity index (χ3n) is 3.87. The molecule has 1 aliphatic rings. The van der Waals surface area contributed by atoms with Crippen LogP contribution in [0.2, 0.25) is 0 Å². The molecule has 4 nitrogen and oxygen atoms in total. The van der Waals surface area contributed by atoms with Gasteiger partial charge in [0.1, 0.15) is 6.10 Å². The number of ether oxygens (including phenoxy) is 1. The molecule has 114 valence electrons. The van der Waals surface area contributed by atoms with Gasteiger partial charge in [-0.1, -0.05) is 60.7 Å². The van der Waals surface area contributed by atoms with Crippen molar-refractivity contribution >= 4 is 5.91 Å². The van der Waals surface area contributed by atoms with Crippen LogP contribution in [0, 0.1) is 0 Å². The maximum Gasteiger partial charge on any atom is 0.254 e. The summed E-state index contributed by atoms with van der Waals surface area (Å²) in [5.74, 6) is -0.0937. The number of rotatable bonds is 5. The topological polar surface area (TPSA) is 53.1 Å². The van der Waals surface area contributed by atoms with Crippen molar-refractivity contribution in [3.8, 4) is 0 Å². The van der Waals surface area contributed by atoms with Crippen LogP contribution in [-0.4, -0.2) is 35.6 Å². The van der Waals surface area contributed by atoms with Gasteiger partial charge < -0.3 is 14.7 Å². The fraction of sp³-hybridized carbons (Fsp3) is 0.278. The summed E-state index contributed by atoms with van der Waals surface area (Å²) < 4.78 is 5.50. The molecule has 0 spiro atoms. The number of aliphatic hydroxyl groups excluding tert-OH is 1. The highest BCUT2D eigenvalue weighted by molar-refractivity contribution is 5.84. The SMILES string of the molecule is CN(CC(O)c1ccccc1)C(=O)[C@@H]1O[C@H]1c1ccccc1. The standard InChI is InChI=1S/C18H19NO3/c1-19(12-15(20)13-8-4-2-5-9-13)18(21)17-16(22-17)14-10-6-3-7-11-14/h2-11,15-17,20H,12H2,1H3/t15?,16-,17+/m0/s1. The van der Waals surface area contributed by atoms with E-state index in [0.717, 1.165) is 11.1 Å². The van der Waals surface area contributed by atoms with Gasteiger partial charge >= 0.3 is 0 Å². The highest BCUT2D eigenvalue weighted by Crippen LogP contribution is 2.39. The van der Waals surface area contributed by atoms with Gasteiger partial charge in [-0.2, -0.15) is 0 Å². The molecule has 1 heterocycles. The van der Waals surface area contributed by atoms with E-state index in [0.29, 0.717) is 0 Å². The van der Waals surface area contributed by atoms with E-state index in [9.17, 15) is 9.90 Å². The van der Waals surface area contributed by atoms with E-state index in [1.807, 2.05) is 60.7 Å². The summed E-state index contributed by atoms with van der Waals surface area (Å²) in [4.78, 5) is 13.9. The molecule has 1 amide bonds. The maximum atomic E-state index is 12.3. The minimum absolute atomic E-state index is 0.0937. The van der Waals surface area contributed by atoms with Crippen LogP contribution in [-0.2, 0) is 9.53 Å². The first-order valence-electron chi connectivity index (χ1n) is 7.35. The van der Waals surface area contributed by atoms with Crippen molar-refractivity contribution in [3.63, 3.8) is 0 Å². The molecule has 22 heavy (non-hydrogen) atoms. The first kappa shape index (κ1) is 14.8. The predicted octanol–water partition coefficient (Wildman–Crippen LogP) is 2.32. The Labute approximate surface area is 130 Å². The zero-order chi connectivity index (χ0) is 15.5. The lowest BCUT2D eigenvalue weighted by molar-refractivity contribution is -0.132. The van der Waals surface area contributed by atoms with E-state index in [-0.39, 0.29) is 18.6 Å². The van der Waals surface area contributed by atoms with Crippen LogP contribution in [0.1, 0.15) is 23.3 Å². The van der Waals surface area contributed by atoms with Crippen LogP contribution in [0.5, 0.6) is 0 Å². The molecular formula is C18H19NO3. The summed E-state index contributed by atoms with van der Waals surface area (Å²) >= 11 is 0. The second kappa shape index (κ2) is 6.30. The molecular weight excluding hydrogens is 278 g/mol. The number of hydrogen-bond acceptors (Lipinski definition) is 3. The van der Waals surface area contributed by atoms with Gasteiger partial charge in [-0.15, -0.1) is 0 Å². The number of hydrogen-bond donors (Lipinski definition) is 1. The van der Waals surface area contributed by atoms with Gasteiger partial charge in [0.15, 0.2) is 6.10 Å². The number of aliphatic hydroxyl groups is 1. The first-order valence-corrected chi connectivity index (χ1v) is 7.35. The third kappa shape index (κ3) is 3.18. The van der Waals surface area contributed by atoms with Crippen molar-refractivity contribution in [2.24, 2.45) is 0 Å². The van der Waals surface area contributed by atoms with E-state index < -0.39 is 12.2 Å². The molecule has 0 aromatic heterocycles. The number of amides is 1. The summed E-state index contributed by atoms with van der Waals surface area (Å²) in [5, 5.41) is 10.2. The highest BCUT2D eigenvalue weighted by atomic mass is 16.6. The Morgan fingerprint density at radius 2 is 1.73 bits per heavy atom. The Hall–Kier alpha value is -2.17. The molecule has 0 radical (unpaired) electrons. The Morgan fingerprint density at radius 3 is 2.36 bits per heavy atom. The summed E-state index contributed by atoms with van der Waals surface area (Å²) in [7, 11) is 1.69. The van der Waals surface area contributed by atoms with E-state index >= 15 is 0 Å². The number of epoxide rings is 1. The molecule has 3 rings (SSSR count). The van der Waals surface area contributed by atoms with Crippen molar-refractivity contribution in [2.45, 2.75) is 18.3 Å². The number of benzene rings is 2. The summed E-state index contributed by atoms with van der Waals surface area (Å²) in [6.07, 6.45) is -1.29. The largest absolute Gasteiger partial charge is 0.387 e. The Bertz CT molecular complexity index is 629. The van der Waals surface area contributed by atoms with Crippen LogP contribution in [0.15, 0.2) is 60.7 Å². The highest BCUT2D eigenvalue weighted by Gasteiger charge is 2.47. The third-order valence-corrected chi connectivity index (χ3v) is 3.87. The smallest absolute Gasteiger partial charge is 0.254 e. The average Bonchev–Trinajstić information content (AvgIpc) is 3.36. The molecule has 3 atom stereocenters.